The number of hydroxylamine groups is 2. The van der Waals surface area contributed by atoms with Gasteiger partial charge in [-0.15, -0.1) is 0 Å². The third-order valence-corrected chi connectivity index (χ3v) is 5.76. The van der Waals surface area contributed by atoms with Crippen molar-refractivity contribution in [3.8, 4) is 0 Å². The predicted octanol–water partition coefficient (Wildman–Crippen LogP) is 2.88. The number of rotatable bonds is 1. The van der Waals surface area contributed by atoms with Crippen molar-refractivity contribution in [3.63, 3.8) is 0 Å². The summed E-state index contributed by atoms with van der Waals surface area (Å²) < 4.78 is 1.73. The summed E-state index contributed by atoms with van der Waals surface area (Å²) in [4.78, 5) is 33.2. The van der Waals surface area contributed by atoms with E-state index >= 15 is 0 Å². The number of benzene rings is 1. The Morgan fingerprint density at radius 2 is 2.00 bits per heavy atom. The van der Waals surface area contributed by atoms with Gasteiger partial charge in [0, 0.05) is 30.8 Å². The first kappa shape index (κ1) is 19.4. The molecule has 3 amide bonds. The van der Waals surface area contributed by atoms with Crippen LogP contribution in [0.5, 0.6) is 0 Å². The zero-order valence-corrected chi connectivity index (χ0v) is 17.5. The Bertz CT molecular complexity index is 983. The lowest BCUT2D eigenvalue weighted by Crippen LogP contribution is -2.45. The lowest BCUT2D eigenvalue weighted by molar-refractivity contribution is -0.141. The lowest BCUT2D eigenvalue weighted by atomic mass is 9.99. The number of nitrogens with zero attached hydrogens (tertiary/aromatic N) is 4. The Balaban J connectivity index is 1.61. The standard InChI is InChI=1S/C21H27N5O3/c1-12-6-7-16(8-13(12)2)22-21(28)25-11-17-18(9-14(25)3)23-26-10-15(4)29-24(5)20(27)19(17)26/h6-8,14-15H,9-11H2,1-5H3,(H,22,28)/t14-,15-/m1/s1. The molecule has 3 heterocycles. The van der Waals surface area contributed by atoms with E-state index in [9.17, 15) is 9.59 Å². The molecule has 2 aliphatic heterocycles. The number of nitrogens with one attached hydrogen (secondary N) is 1. The third kappa shape index (κ3) is 3.48. The largest absolute Gasteiger partial charge is 0.322 e. The van der Waals surface area contributed by atoms with Crippen LogP contribution in [-0.2, 0) is 24.3 Å². The van der Waals surface area contributed by atoms with Crippen molar-refractivity contribution < 1.29 is 14.4 Å². The van der Waals surface area contributed by atoms with Gasteiger partial charge in [-0.3, -0.25) is 14.3 Å². The fourth-order valence-electron chi connectivity index (χ4n) is 4.00. The second-order valence-corrected chi connectivity index (χ2v) is 8.08. The smallest absolute Gasteiger partial charge is 0.317 e. The monoisotopic (exact) mass is 397 g/mol. The van der Waals surface area contributed by atoms with Crippen LogP contribution in [0.1, 0.15) is 46.7 Å². The van der Waals surface area contributed by atoms with Crippen molar-refractivity contribution in [3.05, 3.63) is 46.3 Å². The van der Waals surface area contributed by atoms with E-state index in [4.69, 9.17) is 4.84 Å². The van der Waals surface area contributed by atoms with Crippen molar-refractivity contribution in [1.82, 2.24) is 19.7 Å². The molecule has 1 N–H and O–H groups in total. The minimum absolute atomic E-state index is 0.0188. The van der Waals surface area contributed by atoms with E-state index in [1.807, 2.05) is 45.9 Å². The van der Waals surface area contributed by atoms with Crippen LogP contribution in [0.4, 0.5) is 10.5 Å². The summed E-state index contributed by atoms with van der Waals surface area (Å²) in [5.41, 5.74) is 5.29. The molecule has 0 saturated carbocycles. The number of aryl methyl sites for hydroxylation is 2. The van der Waals surface area contributed by atoms with Gasteiger partial charge in [0.2, 0.25) is 0 Å². The molecule has 0 bridgehead atoms. The highest BCUT2D eigenvalue weighted by molar-refractivity contribution is 5.94. The summed E-state index contributed by atoms with van der Waals surface area (Å²) >= 11 is 0. The van der Waals surface area contributed by atoms with Crippen LogP contribution in [0.15, 0.2) is 18.2 Å². The molecule has 29 heavy (non-hydrogen) atoms. The molecule has 0 radical (unpaired) electrons. The number of hydrogen-bond donors (Lipinski definition) is 1. The minimum atomic E-state index is -0.229. The summed E-state index contributed by atoms with van der Waals surface area (Å²) in [6, 6.07) is 5.68. The van der Waals surface area contributed by atoms with Gasteiger partial charge in [0.25, 0.3) is 5.91 Å². The van der Waals surface area contributed by atoms with Crippen LogP contribution < -0.4 is 5.32 Å². The maximum atomic E-state index is 13.0. The van der Waals surface area contributed by atoms with Gasteiger partial charge in [0.05, 0.1) is 18.8 Å². The molecule has 2 atom stereocenters. The topological polar surface area (TPSA) is 79.7 Å². The number of carbonyl (C=O) groups is 2. The van der Waals surface area contributed by atoms with Crippen molar-refractivity contribution >= 4 is 17.6 Å². The summed E-state index contributed by atoms with van der Waals surface area (Å²) in [6.07, 6.45) is 0.454. The van der Waals surface area contributed by atoms with E-state index < -0.39 is 0 Å². The van der Waals surface area contributed by atoms with Crippen LogP contribution in [0.3, 0.4) is 0 Å². The van der Waals surface area contributed by atoms with Crippen molar-refractivity contribution in [2.45, 2.75) is 59.4 Å². The van der Waals surface area contributed by atoms with Gasteiger partial charge < -0.3 is 10.2 Å². The van der Waals surface area contributed by atoms with Gasteiger partial charge in [0.15, 0.2) is 0 Å². The zero-order chi connectivity index (χ0) is 20.9. The molecule has 0 spiro atoms. The quantitative estimate of drug-likeness (QED) is 0.802. The van der Waals surface area contributed by atoms with Gasteiger partial charge in [-0.05, 0) is 51.0 Å². The molecule has 2 aliphatic rings. The van der Waals surface area contributed by atoms with E-state index in [0.29, 0.717) is 25.2 Å². The summed E-state index contributed by atoms with van der Waals surface area (Å²) in [5.74, 6) is -0.229. The number of urea groups is 1. The first-order valence-electron chi connectivity index (χ1n) is 9.93. The van der Waals surface area contributed by atoms with Crippen molar-refractivity contribution in [2.24, 2.45) is 0 Å². The number of amides is 3. The second kappa shape index (κ2) is 7.18. The Labute approximate surface area is 170 Å². The molecular weight excluding hydrogens is 370 g/mol. The maximum Gasteiger partial charge on any atom is 0.322 e. The first-order chi connectivity index (χ1) is 13.7. The molecule has 0 saturated heterocycles. The summed E-state index contributed by atoms with van der Waals surface area (Å²) in [5, 5.41) is 8.93. The SMILES string of the molecule is Cc1ccc(NC(=O)N2Cc3c(nn4c3C(=O)N(C)O[C@H](C)C4)C[C@H]2C)cc1C. The van der Waals surface area contributed by atoms with Crippen LogP contribution >= 0.6 is 0 Å². The van der Waals surface area contributed by atoms with Crippen molar-refractivity contribution in [1.29, 1.82) is 0 Å². The fourth-order valence-corrected chi connectivity index (χ4v) is 4.00. The highest BCUT2D eigenvalue weighted by Crippen LogP contribution is 2.29. The number of anilines is 1. The average molecular weight is 397 g/mol. The Kier molecular flexibility index (Phi) is 4.82. The van der Waals surface area contributed by atoms with E-state index in [-0.39, 0.29) is 24.1 Å². The highest BCUT2D eigenvalue weighted by Gasteiger charge is 2.36. The molecule has 8 nitrogen and oxygen atoms in total. The van der Waals surface area contributed by atoms with Crippen LogP contribution in [0.25, 0.3) is 0 Å². The molecule has 0 aliphatic carbocycles. The normalized spacial score (nSPS) is 21.5. The van der Waals surface area contributed by atoms with E-state index in [1.54, 1.807) is 16.6 Å². The minimum Gasteiger partial charge on any atom is -0.317 e. The first-order valence-corrected chi connectivity index (χ1v) is 9.93. The van der Waals surface area contributed by atoms with Gasteiger partial charge in [0.1, 0.15) is 11.8 Å². The molecule has 1 aromatic carbocycles. The van der Waals surface area contributed by atoms with Crippen molar-refractivity contribution in [2.75, 3.05) is 12.4 Å². The van der Waals surface area contributed by atoms with Gasteiger partial charge >= 0.3 is 6.03 Å². The highest BCUT2D eigenvalue weighted by atomic mass is 16.7. The second-order valence-electron chi connectivity index (χ2n) is 8.08. The summed E-state index contributed by atoms with van der Waals surface area (Å²) in [6.45, 7) is 8.82. The fraction of sp³-hybridized carbons (Fsp3) is 0.476. The third-order valence-electron chi connectivity index (χ3n) is 5.76. The molecule has 2 aromatic rings. The maximum absolute atomic E-state index is 13.0. The molecule has 4 rings (SSSR count). The number of hydrogen-bond acceptors (Lipinski definition) is 4. The molecule has 0 unspecified atom stereocenters. The van der Waals surface area contributed by atoms with E-state index in [0.717, 1.165) is 22.5 Å². The van der Waals surface area contributed by atoms with E-state index in [2.05, 4.69) is 10.4 Å². The molecular formula is C21H27N5O3. The van der Waals surface area contributed by atoms with Crippen LogP contribution in [0.2, 0.25) is 0 Å². The molecule has 0 fully saturated rings. The number of fused-ring (bicyclic) bond motifs is 3. The Morgan fingerprint density at radius 1 is 1.24 bits per heavy atom. The van der Waals surface area contributed by atoms with Crippen LogP contribution in [0, 0.1) is 13.8 Å². The number of carbonyl (C=O) groups excluding carboxylic acids is 2. The van der Waals surface area contributed by atoms with Gasteiger partial charge in [-0.2, -0.15) is 5.10 Å². The molecule has 8 heteroatoms. The predicted molar refractivity (Wildman–Crippen MR) is 109 cm³/mol. The van der Waals surface area contributed by atoms with Crippen LogP contribution in [-0.4, -0.2) is 50.9 Å². The Morgan fingerprint density at radius 3 is 2.72 bits per heavy atom. The Hall–Kier alpha value is -2.87. The molecule has 1 aromatic heterocycles. The summed E-state index contributed by atoms with van der Waals surface area (Å²) in [7, 11) is 1.61. The zero-order valence-electron chi connectivity index (χ0n) is 17.5. The average Bonchev–Trinajstić information content (AvgIpc) is 2.94. The van der Waals surface area contributed by atoms with E-state index in [1.165, 1.54) is 10.6 Å². The molecule has 154 valence electrons. The lowest BCUT2D eigenvalue weighted by Gasteiger charge is -2.33. The van der Waals surface area contributed by atoms with Gasteiger partial charge in [-0.25, -0.2) is 9.86 Å². The van der Waals surface area contributed by atoms with Gasteiger partial charge in [-0.1, -0.05) is 6.07 Å². The number of aromatic nitrogens is 2.